The average molecular weight is 208 g/mol. The molecule has 1 aromatic carbocycles. The second kappa shape index (κ2) is 4.80. The molecule has 0 amide bonds. The van der Waals surface area contributed by atoms with E-state index in [1.165, 1.54) is 12.1 Å². The van der Waals surface area contributed by atoms with Gasteiger partial charge in [-0.15, -0.1) is 0 Å². The molecule has 0 bridgehead atoms. The third-order valence-electron chi connectivity index (χ3n) is 1.48. The lowest BCUT2D eigenvalue weighted by atomic mass is 10.3. The van der Waals surface area contributed by atoms with Crippen LogP contribution in [0.5, 0.6) is 17.2 Å². The summed E-state index contributed by atoms with van der Waals surface area (Å²) in [5.74, 6) is -1.36. The summed E-state index contributed by atoms with van der Waals surface area (Å²) >= 11 is 0. The quantitative estimate of drug-likeness (QED) is 0.252. The largest absolute Gasteiger partial charge is 0.504 e. The Morgan fingerprint density at radius 1 is 1.27 bits per heavy atom. The first kappa shape index (κ1) is 10.8. The Hall–Kier alpha value is -2.30. The fourth-order valence-electron chi connectivity index (χ4n) is 0.835. The second-order valence-corrected chi connectivity index (χ2v) is 2.57. The van der Waals surface area contributed by atoms with Crippen LogP contribution in [0.15, 0.2) is 30.4 Å². The van der Waals surface area contributed by atoms with Crippen LogP contribution in [0.25, 0.3) is 0 Å². The van der Waals surface area contributed by atoms with E-state index in [0.29, 0.717) is 6.29 Å². The summed E-state index contributed by atoms with van der Waals surface area (Å²) in [4.78, 5) is 20.8. The Morgan fingerprint density at radius 3 is 2.60 bits per heavy atom. The minimum atomic E-state index is -0.743. The minimum absolute atomic E-state index is 0.0749. The van der Waals surface area contributed by atoms with E-state index in [9.17, 15) is 9.59 Å². The zero-order chi connectivity index (χ0) is 11.3. The van der Waals surface area contributed by atoms with Crippen molar-refractivity contribution in [2.75, 3.05) is 0 Å². The Kier molecular flexibility index (Phi) is 3.45. The van der Waals surface area contributed by atoms with Gasteiger partial charge in [0, 0.05) is 12.1 Å². The molecule has 0 aliphatic heterocycles. The van der Waals surface area contributed by atoms with Crippen LogP contribution in [0.4, 0.5) is 0 Å². The van der Waals surface area contributed by atoms with Gasteiger partial charge in [0.15, 0.2) is 11.5 Å². The molecule has 0 aliphatic carbocycles. The van der Waals surface area contributed by atoms with E-state index in [0.717, 1.165) is 18.2 Å². The first-order chi connectivity index (χ1) is 7.13. The highest BCUT2D eigenvalue weighted by atomic mass is 16.5. The maximum absolute atomic E-state index is 11.0. The van der Waals surface area contributed by atoms with Gasteiger partial charge in [0.05, 0.1) is 0 Å². The second-order valence-electron chi connectivity index (χ2n) is 2.57. The van der Waals surface area contributed by atoms with Crippen LogP contribution in [-0.2, 0) is 9.59 Å². The Morgan fingerprint density at radius 2 is 2.00 bits per heavy atom. The number of phenols is 2. The summed E-state index contributed by atoms with van der Waals surface area (Å²) in [5, 5.41) is 18.0. The fourth-order valence-corrected chi connectivity index (χ4v) is 0.835. The molecule has 1 aromatic rings. The van der Waals surface area contributed by atoms with Gasteiger partial charge in [-0.25, -0.2) is 4.79 Å². The van der Waals surface area contributed by atoms with Crippen molar-refractivity contribution < 1.29 is 24.5 Å². The zero-order valence-electron chi connectivity index (χ0n) is 7.58. The summed E-state index contributed by atoms with van der Waals surface area (Å²) in [7, 11) is 0. The number of hydrogen-bond donors (Lipinski definition) is 2. The molecule has 0 saturated carbocycles. The molecule has 0 heterocycles. The lowest BCUT2D eigenvalue weighted by molar-refractivity contribution is -0.129. The third kappa shape index (κ3) is 3.15. The van der Waals surface area contributed by atoms with E-state index in [1.54, 1.807) is 0 Å². The number of carbonyl (C=O) groups is 2. The van der Waals surface area contributed by atoms with Crippen LogP contribution in [0.2, 0.25) is 0 Å². The highest BCUT2D eigenvalue weighted by Gasteiger charge is 2.04. The van der Waals surface area contributed by atoms with Gasteiger partial charge in [-0.05, 0) is 18.2 Å². The van der Waals surface area contributed by atoms with Crippen molar-refractivity contribution >= 4 is 12.3 Å². The molecule has 78 valence electrons. The van der Waals surface area contributed by atoms with E-state index >= 15 is 0 Å². The molecule has 5 heteroatoms. The van der Waals surface area contributed by atoms with Crippen molar-refractivity contribution in [1.82, 2.24) is 0 Å². The molecular weight excluding hydrogens is 200 g/mol. The van der Waals surface area contributed by atoms with E-state index < -0.39 is 5.97 Å². The highest BCUT2D eigenvalue weighted by Crippen LogP contribution is 2.28. The molecule has 0 fully saturated rings. The SMILES string of the molecule is O=CC=CC(=O)Oc1ccc(O)c(O)c1. The number of esters is 1. The van der Waals surface area contributed by atoms with Crippen LogP contribution in [-0.4, -0.2) is 22.5 Å². The topological polar surface area (TPSA) is 83.8 Å². The Bertz CT molecular complexity index is 408. The molecule has 0 aromatic heterocycles. The monoisotopic (exact) mass is 208 g/mol. The standard InChI is InChI=1S/C10H8O5/c11-5-1-2-10(14)15-7-3-4-8(12)9(13)6-7/h1-6,12-13H. The smallest absolute Gasteiger partial charge is 0.336 e. The molecule has 5 nitrogen and oxygen atoms in total. The number of hydrogen-bond acceptors (Lipinski definition) is 5. The number of aldehydes is 1. The van der Waals surface area contributed by atoms with Gasteiger partial charge in [0.25, 0.3) is 0 Å². The number of ether oxygens (including phenoxy) is 1. The first-order valence-electron chi connectivity index (χ1n) is 3.99. The molecule has 0 spiro atoms. The van der Waals surface area contributed by atoms with Gasteiger partial charge in [-0.2, -0.15) is 0 Å². The van der Waals surface area contributed by atoms with Gasteiger partial charge in [-0.3, -0.25) is 4.79 Å². The van der Waals surface area contributed by atoms with Gasteiger partial charge < -0.3 is 14.9 Å². The van der Waals surface area contributed by atoms with Crippen molar-refractivity contribution in [3.05, 3.63) is 30.4 Å². The normalized spacial score (nSPS) is 10.1. The molecule has 15 heavy (non-hydrogen) atoms. The Balaban J connectivity index is 2.73. The van der Waals surface area contributed by atoms with Crippen LogP contribution >= 0.6 is 0 Å². The van der Waals surface area contributed by atoms with Crippen LogP contribution in [0.1, 0.15) is 0 Å². The number of carbonyl (C=O) groups excluding carboxylic acids is 2. The number of aromatic hydroxyl groups is 2. The summed E-state index contributed by atoms with van der Waals surface area (Å²) in [6.45, 7) is 0. The van der Waals surface area contributed by atoms with Crippen LogP contribution < -0.4 is 4.74 Å². The predicted molar refractivity (Wildman–Crippen MR) is 50.6 cm³/mol. The van der Waals surface area contributed by atoms with Gasteiger partial charge >= 0.3 is 5.97 Å². The number of phenolic OH excluding ortho intramolecular Hbond substituents is 2. The van der Waals surface area contributed by atoms with E-state index in [-0.39, 0.29) is 17.2 Å². The molecule has 0 atom stereocenters. The van der Waals surface area contributed by atoms with E-state index in [1.807, 2.05) is 0 Å². The van der Waals surface area contributed by atoms with E-state index in [4.69, 9.17) is 14.9 Å². The molecule has 0 saturated heterocycles. The Labute approximate surface area is 85.2 Å². The van der Waals surface area contributed by atoms with Crippen molar-refractivity contribution in [2.45, 2.75) is 0 Å². The fraction of sp³-hybridized carbons (Fsp3) is 0. The lowest BCUT2D eigenvalue weighted by Crippen LogP contribution is -2.03. The maximum Gasteiger partial charge on any atom is 0.336 e. The molecule has 2 N–H and O–H groups in total. The van der Waals surface area contributed by atoms with Crippen molar-refractivity contribution in [1.29, 1.82) is 0 Å². The lowest BCUT2D eigenvalue weighted by Gasteiger charge is -2.02. The third-order valence-corrected chi connectivity index (χ3v) is 1.48. The van der Waals surface area contributed by atoms with Crippen LogP contribution in [0.3, 0.4) is 0 Å². The maximum atomic E-state index is 11.0. The summed E-state index contributed by atoms with van der Waals surface area (Å²) in [6, 6.07) is 3.57. The molecule has 0 aliphatic rings. The summed E-state index contributed by atoms with van der Waals surface area (Å²) < 4.78 is 4.70. The van der Waals surface area contributed by atoms with Crippen molar-refractivity contribution in [3.8, 4) is 17.2 Å². The van der Waals surface area contributed by atoms with Gasteiger partial charge in [0.2, 0.25) is 0 Å². The average Bonchev–Trinajstić information content (AvgIpc) is 2.20. The number of rotatable bonds is 3. The molecule has 0 unspecified atom stereocenters. The first-order valence-corrected chi connectivity index (χ1v) is 3.99. The molecular formula is C10H8O5. The highest BCUT2D eigenvalue weighted by molar-refractivity contribution is 5.88. The van der Waals surface area contributed by atoms with Crippen LogP contribution in [0, 0.1) is 0 Å². The van der Waals surface area contributed by atoms with E-state index in [2.05, 4.69) is 0 Å². The van der Waals surface area contributed by atoms with Crippen molar-refractivity contribution in [3.63, 3.8) is 0 Å². The summed E-state index contributed by atoms with van der Waals surface area (Å²) in [6.07, 6.45) is 2.37. The predicted octanol–water partition coefficient (Wildman–Crippen LogP) is 0.758. The number of allylic oxidation sites excluding steroid dienone is 1. The zero-order valence-corrected chi connectivity index (χ0v) is 7.58. The number of benzene rings is 1. The summed E-state index contributed by atoms with van der Waals surface area (Å²) in [5.41, 5.74) is 0. The molecule has 1 rings (SSSR count). The minimum Gasteiger partial charge on any atom is -0.504 e. The van der Waals surface area contributed by atoms with Gasteiger partial charge in [-0.1, -0.05) is 0 Å². The van der Waals surface area contributed by atoms with Gasteiger partial charge in [0.1, 0.15) is 12.0 Å². The molecule has 0 radical (unpaired) electrons. The van der Waals surface area contributed by atoms with Crippen molar-refractivity contribution in [2.24, 2.45) is 0 Å².